The fraction of sp³-hybridized carbons (Fsp3) is 0.125. The number of phenolic OH excluding ortho intramolecular Hbond substituents is 3. The molecule has 0 bridgehead atoms. The number of nitrogens with one attached hydrogen (secondary N) is 1. The summed E-state index contributed by atoms with van der Waals surface area (Å²) < 4.78 is 5.21. The SMILES string of the molecule is C=C(NCC(=O)O)c1ncc(-c2c(O)cc(O)c(Cl)c2O)cc1OC. The predicted octanol–water partition coefficient (Wildman–Crippen LogP) is 2.17. The first-order valence-electron chi connectivity index (χ1n) is 6.89. The van der Waals surface area contributed by atoms with Crippen molar-refractivity contribution < 1.29 is 30.0 Å². The van der Waals surface area contributed by atoms with Crippen molar-refractivity contribution in [3.8, 4) is 34.1 Å². The Morgan fingerprint density at radius 1 is 1.32 bits per heavy atom. The number of pyridine rings is 1. The van der Waals surface area contributed by atoms with E-state index in [2.05, 4.69) is 16.9 Å². The first-order valence-corrected chi connectivity index (χ1v) is 7.26. The molecule has 2 aromatic rings. The molecule has 0 amide bonds. The van der Waals surface area contributed by atoms with E-state index in [-0.39, 0.29) is 39.8 Å². The summed E-state index contributed by atoms with van der Waals surface area (Å²) in [5, 5.41) is 40.6. The minimum Gasteiger partial charge on any atom is -0.507 e. The molecule has 0 aliphatic heterocycles. The van der Waals surface area contributed by atoms with Crippen molar-refractivity contribution in [2.24, 2.45) is 0 Å². The van der Waals surface area contributed by atoms with Crippen molar-refractivity contribution in [1.29, 1.82) is 0 Å². The largest absolute Gasteiger partial charge is 0.507 e. The minimum atomic E-state index is -1.06. The highest BCUT2D eigenvalue weighted by molar-refractivity contribution is 6.34. The van der Waals surface area contributed by atoms with Crippen LogP contribution in [0.3, 0.4) is 0 Å². The fourth-order valence-corrected chi connectivity index (χ4v) is 2.28. The lowest BCUT2D eigenvalue weighted by molar-refractivity contribution is -0.135. The molecule has 0 saturated heterocycles. The van der Waals surface area contributed by atoms with Crippen LogP contribution in [0.25, 0.3) is 16.8 Å². The fourth-order valence-electron chi connectivity index (χ4n) is 2.13. The van der Waals surface area contributed by atoms with Gasteiger partial charge < -0.3 is 30.5 Å². The monoisotopic (exact) mass is 366 g/mol. The molecule has 0 saturated carbocycles. The van der Waals surface area contributed by atoms with Crippen molar-refractivity contribution in [2.75, 3.05) is 13.7 Å². The van der Waals surface area contributed by atoms with Gasteiger partial charge in [0.05, 0.1) is 18.4 Å². The molecule has 0 radical (unpaired) electrons. The summed E-state index contributed by atoms with van der Waals surface area (Å²) in [5.74, 6) is -2.23. The van der Waals surface area contributed by atoms with Crippen molar-refractivity contribution in [1.82, 2.24) is 10.3 Å². The average molecular weight is 367 g/mol. The Hall–Kier alpha value is -3.13. The molecule has 0 aliphatic carbocycles. The zero-order valence-electron chi connectivity index (χ0n) is 13.1. The van der Waals surface area contributed by atoms with Gasteiger partial charge in [0.1, 0.15) is 40.3 Å². The number of rotatable bonds is 6. The van der Waals surface area contributed by atoms with Crippen molar-refractivity contribution in [3.05, 3.63) is 35.6 Å². The number of aliphatic carboxylic acids is 1. The molecule has 0 atom stereocenters. The van der Waals surface area contributed by atoms with Gasteiger partial charge in [0.2, 0.25) is 0 Å². The van der Waals surface area contributed by atoms with E-state index in [1.54, 1.807) is 0 Å². The Kier molecular flexibility index (Phi) is 5.23. The number of methoxy groups -OCH3 is 1. The Morgan fingerprint density at radius 3 is 2.60 bits per heavy atom. The molecule has 0 spiro atoms. The third-order valence-electron chi connectivity index (χ3n) is 3.30. The zero-order valence-corrected chi connectivity index (χ0v) is 13.8. The number of hydrogen-bond acceptors (Lipinski definition) is 7. The van der Waals surface area contributed by atoms with E-state index < -0.39 is 23.2 Å². The van der Waals surface area contributed by atoms with Crippen LogP contribution in [-0.4, -0.2) is 45.0 Å². The number of aromatic hydroxyl groups is 3. The first kappa shape index (κ1) is 18.2. The highest BCUT2D eigenvalue weighted by atomic mass is 35.5. The van der Waals surface area contributed by atoms with Gasteiger partial charge in [0.15, 0.2) is 0 Å². The molecule has 1 aromatic heterocycles. The highest BCUT2D eigenvalue weighted by Gasteiger charge is 2.20. The van der Waals surface area contributed by atoms with E-state index in [1.807, 2.05) is 0 Å². The van der Waals surface area contributed by atoms with Crippen molar-refractivity contribution >= 4 is 23.3 Å². The van der Waals surface area contributed by atoms with Gasteiger partial charge in [0, 0.05) is 17.8 Å². The number of halogens is 1. The molecule has 1 heterocycles. The third kappa shape index (κ3) is 3.69. The standard InChI is InChI=1S/C16H15ClN2O6/c1-7(18-6-12(22)23)15-11(25-2)3-8(5-19-15)13-9(20)4-10(21)14(17)16(13)24/h3-5,18,20-21,24H,1,6H2,2H3,(H,22,23). The van der Waals surface area contributed by atoms with Gasteiger partial charge in [-0.25, -0.2) is 0 Å². The molecular weight excluding hydrogens is 352 g/mol. The van der Waals surface area contributed by atoms with Gasteiger partial charge in [-0.3, -0.25) is 9.78 Å². The lowest BCUT2D eigenvalue weighted by Gasteiger charge is -2.14. The summed E-state index contributed by atoms with van der Waals surface area (Å²) in [6.45, 7) is 3.35. The van der Waals surface area contributed by atoms with Crippen molar-refractivity contribution in [3.63, 3.8) is 0 Å². The van der Waals surface area contributed by atoms with Crippen LogP contribution in [0.2, 0.25) is 5.02 Å². The molecule has 0 aliphatic rings. The van der Waals surface area contributed by atoms with Gasteiger partial charge in [-0.05, 0) is 6.07 Å². The van der Waals surface area contributed by atoms with Crippen LogP contribution in [0.15, 0.2) is 24.9 Å². The second kappa shape index (κ2) is 7.18. The van der Waals surface area contributed by atoms with Gasteiger partial charge in [-0.15, -0.1) is 0 Å². The predicted molar refractivity (Wildman–Crippen MR) is 90.9 cm³/mol. The molecule has 9 heteroatoms. The number of aromatic nitrogens is 1. The van der Waals surface area contributed by atoms with E-state index in [9.17, 15) is 20.1 Å². The molecule has 5 N–H and O–H groups in total. The van der Waals surface area contributed by atoms with E-state index in [0.717, 1.165) is 6.07 Å². The molecule has 132 valence electrons. The summed E-state index contributed by atoms with van der Waals surface area (Å²) in [6.07, 6.45) is 1.31. The van der Waals surface area contributed by atoms with Crippen LogP contribution in [0, 0.1) is 0 Å². The summed E-state index contributed by atoms with van der Waals surface area (Å²) >= 11 is 5.79. The molecule has 8 nitrogen and oxygen atoms in total. The van der Waals surface area contributed by atoms with Gasteiger partial charge in [-0.2, -0.15) is 0 Å². The lowest BCUT2D eigenvalue weighted by Crippen LogP contribution is -2.21. The topological polar surface area (TPSA) is 132 Å². The van der Waals surface area contributed by atoms with Gasteiger partial charge >= 0.3 is 5.97 Å². The van der Waals surface area contributed by atoms with Crippen LogP contribution < -0.4 is 10.1 Å². The number of carboxylic acids is 1. The van der Waals surface area contributed by atoms with E-state index in [1.165, 1.54) is 19.4 Å². The smallest absolute Gasteiger partial charge is 0.322 e. The van der Waals surface area contributed by atoms with Crippen LogP contribution in [0.4, 0.5) is 0 Å². The van der Waals surface area contributed by atoms with Crippen LogP contribution >= 0.6 is 11.6 Å². The lowest BCUT2D eigenvalue weighted by atomic mass is 10.0. The Labute approximate surface area is 147 Å². The third-order valence-corrected chi connectivity index (χ3v) is 3.67. The molecule has 2 rings (SSSR count). The normalized spacial score (nSPS) is 10.3. The van der Waals surface area contributed by atoms with E-state index in [4.69, 9.17) is 21.4 Å². The Bertz CT molecular complexity index is 853. The molecule has 0 fully saturated rings. The summed E-state index contributed by atoms with van der Waals surface area (Å²) in [6, 6.07) is 2.45. The number of ether oxygens (including phenoxy) is 1. The Morgan fingerprint density at radius 2 is 2.00 bits per heavy atom. The number of phenols is 3. The second-order valence-electron chi connectivity index (χ2n) is 4.95. The number of benzene rings is 1. The van der Waals surface area contributed by atoms with E-state index >= 15 is 0 Å². The summed E-state index contributed by atoms with van der Waals surface area (Å²) in [7, 11) is 1.37. The second-order valence-corrected chi connectivity index (χ2v) is 5.33. The maximum absolute atomic E-state index is 10.6. The van der Waals surface area contributed by atoms with Gasteiger partial charge in [0.25, 0.3) is 0 Å². The molecule has 25 heavy (non-hydrogen) atoms. The van der Waals surface area contributed by atoms with Crippen molar-refractivity contribution in [2.45, 2.75) is 0 Å². The van der Waals surface area contributed by atoms with Crippen LogP contribution in [0.1, 0.15) is 5.69 Å². The molecule has 1 aromatic carbocycles. The summed E-state index contributed by atoms with van der Waals surface area (Å²) in [4.78, 5) is 14.7. The van der Waals surface area contributed by atoms with Gasteiger partial charge in [-0.1, -0.05) is 18.2 Å². The average Bonchev–Trinajstić information content (AvgIpc) is 2.57. The Balaban J connectivity index is 2.48. The number of carboxylic acid groups (broad SMARTS) is 1. The highest BCUT2D eigenvalue weighted by Crippen LogP contribution is 2.47. The van der Waals surface area contributed by atoms with Crippen LogP contribution in [-0.2, 0) is 4.79 Å². The maximum Gasteiger partial charge on any atom is 0.322 e. The van der Waals surface area contributed by atoms with E-state index in [0.29, 0.717) is 0 Å². The first-order chi connectivity index (χ1) is 11.8. The maximum atomic E-state index is 10.6. The van der Waals surface area contributed by atoms with Crippen LogP contribution in [0.5, 0.6) is 23.0 Å². The molecule has 0 unspecified atom stereocenters. The molecular formula is C16H15ClN2O6. The summed E-state index contributed by atoms with van der Waals surface area (Å²) in [5.41, 5.74) is 0.715. The number of nitrogens with zero attached hydrogens (tertiary/aromatic N) is 1. The number of hydrogen-bond donors (Lipinski definition) is 5. The minimum absolute atomic E-state index is 0.0377. The quantitative estimate of drug-likeness (QED) is 0.525. The zero-order chi connectivity index (χ0) is 18.7. The number of carbonyl (C=O) groups is 1.